The van der Waals surface area contributed by atoms with Crippen molar-refractivity contribution in [3.63, 3.8) is 0 Å². The molecule has 0 bridgehead atoms. The van der Waals surface area contributed by atoms with E-state index in [-0.39, 0.29) is 6.61 Å². The first kappa shape index (κ1) is 17.3. The fourth-order valence-corrected chi connectivity index (χ4v) is 2.00. The molecule has 0 saturated heterocycles. The van der Waals surface area contributed by atoms with Gasteiger partial charge in [0, 0.05) is 25.5 Å². The van der Waals surface area contributed by atoms with Gasteiger partial charge in [-0.1, -0.05) is 6.07 Å². The molecule has 1 amide bonds. The molecule has 0 radical (unpaired) electrons. The monoisotopic (exact) mass is 328 g/mol. The van der Waals surface area contributed by atoms with E-state index in [1.54, 1.807) is 36.4 Å². The van der Waals surface area contributed by atoms with Gasteiger partial charge in [-0.15, -0.1) is 0 Å². The number of hydrogen-bond acceptors (Lipinski definition) is 5. The third-order valence-electron chi connectivity index (χ3n) is 3.31. The lowest BCUT2D eigenvalue weighted by molar-refractivity contribution is -0.119. The number of carbonyl (C=O) groups is 2. The summed E-state index contributed by atoms with van der Waals surface area (Å²) < 4.78 is 10.1. The number of methoxy groups -OCH3 is 1. The van der Waals surface area contributed by atoms with E-state index >= 15 is 0 Å². The summed E-state index contributed by atoms with van der Waals surface area (Å²) in [5, 5.41) is 2.68. The van der Waals surface area contributed by atoms with Crippen molar-refractivity contribution in [3.8, 4) is 5.75 Å². The van der Waals surface area contributed by atoms with E-state index in [9.17, 15) is 9.59 Å². The topological polar surface area (TPSA) is 67.9 Å². The van der Waals surface area contributed by atoms with Crippen molar-refractivity contribution < 1.29 is 19.1 Å². The molecule has 0 fully saturated rings. The van der Waals surface area contributed by atoms with Crippen molar-refractivity contribution >= 4 is 23.3 Å². The van der Waals surface area contributed by atoms with Crippen LogP contribution in [-0.4, -0.2) is 39.7 Å². The fraction of sp³-hybridized carbons (Fsp3) is 0.222. The quantitative estimate of drug-likeness (QED) is 0.826. The van der Waals surface area contributed by atoms with Gasteiger partial charge >= 0.3 is 5.97 Å². The summed E-state index contributed by atoms with van der Waals surface area (Å²) in [5.74, 6) is -0.425. The lowest BCUT2D eigenvalue weighted by Crippen LogP contribution is -2.21. The maximum Gasteiger partial charge on any atom is 0.338 e. The normalized spacial score (nSPS) is 9.96. The molecule has 0 aliphatic carbocycles. The smallest absolute Gasteiger partial charge is 0.338 e. The van der Waals surface area contributed by atoms with E-state index in [1.807, 2.05) is 31.1 Å². The van der Waals surface area contributed by atoms with E-state index in [0.717, 1.165) is 5.69 Å². The van der Waals surface area contributed by atoms with Crippen molar-refractivity contribution in [2.45, 2.75) is 0 Å². The van der Waals surface area contributed by atoms with Gasteiger partial charge in [-0.05, 0) is 42.5 Å². The second-order valence-electron chi connectivity index (χ2n) is 5.30. The minimum absolute atomic E-state index is 0.331. The van der Waals surface area contributed by atoms with Crippen molar-refractivity contribution in [1.82, 2.24) is 0 Å². The van der Waals surface area contributed by atoms with E-state index in [0.29, 0.717) is 17.0 Å². The van der Waals surface area contributed by atoms with E-state index in [2.05, 4.69) is 5.32 Å². The number of ether oxygens (including phenoxy) is 2. The van der Waals surface area contributed by atoms with Gasteiger partial charge in [0.2, 0.25) is 0 Å². The lowest BCUT2D eigenvalue weighted by Gasteiger charge is -2.13. The zero-order chi connectivity index (χ0) is 17.5. The van der Waals surface area contributed by atoms with Crippen molar-refractivity contribution in [1.29, 1.82) is 0 Å². The second-order valence-corrected chi connectivity index (χ2v) is 5.30. The number of benzene rings is 2. The molecule has 0 aliphatic heterocycles. The standard InChI is InChI=1S/C18H20N2O4/c1-20(2)15-9-7-14(8-10-15)19-17(21)12-24-18(22)13-5-4-6-16(11-13)23-3/h4-11H,12H2,1-3H3,(H,19,21). The average molecular weight is 328 g/mol. The predicted octanol–water partition coefficient (Wildman–Crippen LogP) is 2.56. The minimum atomic E-state index is -0.577. The molecule has 0 heterocycles. The number of amides is 1. The highest BCUT2D eigenvalue weighted by Gasteiger charge is 2.11. The summed E-state index contributed by atoms with van der Waals surface area (Å²) in [5.41, 5.74) is 2.00. The highest BCUT2D eigenvalue weighted by atomic mass is 16.5. The minimum Gasteiger partial charge on any atom is -0.497 e. The Morgan fingerprint density at radius 2 is 1.79 bits per heavy atom. The Bertz CT molecular complexity index is 711. The summed E-state index contributed by atoms with van der Waals surface area (Å²) >= 11 is 0. The molecule has 6 nitrogen and oxygen atoms in total. The summed E-state index contributed by atoms with van der Waals surface area (Å²) in [6, 6.07) is 13.9. The molecular formula is C18H20N2O4. The Morgan fingerprint density at radius 1 is 1.08 bits per heavy atom. The van der Waals surface area contributed by atoms with Crippen LogP contribution in [0.3, 0.4) is 0 Å². The molecular weight excluding hydrogens is 308 g/mol. The Hall–Kier alpha value is -3.02. The van der Waals surface area contributed by atoms with Gasteiger partial charge < -0.3 is 19.7 Å². The SMILES string of the molecule is COc1cccc(C(=O)OCC(=O)Nc2ccc(N(C)C)cc2)c1. The second kappa shape index (κ2) is 8.01. The molecule has 0 atom stereocenters. The first-order valence-corrected chi connectivity index (χ1v) is 7.38. The number of anilines is 2. The fourth-order valence-electron chi connectivity index (χ4n) is 2.00. The summed E-state index contributed by atoms with van der Waals surface area (Å²) in [6.45, 7) is -0.356. The van der Waals surface area contributed by atoms with Gasteiger partial charge in [-0.25, -0.2) is 4.79 Å². The van der Waals surface area contributed by atoms with Crippen LogP contribution in [0.1, 0.15) is 10.4 Å². The number of nitrogens with one attached hydrogen (secondary N) is 1. The number of hydrogen-bond donors (Lipinski definition) is 1. The Morgan fingerprint density at radius 3 is 2.42 bits per heavy atom. The highest BCUT2D eigenvalue weighted by molar-refractivity contribution is 5.95. The Labute approximate surface area is 141 Å². The van der Waals surface area contributed by atoms with Crippen LogP contribution in [0.25, 0.3) is 0 Å². The van der Waals surface area contributed by atoms with Gasteiger partial charge in [0.1, 0.15) is 5.75 Å². The van der Waals surface area contributed by atoms with Crippen molar-refractivity contribution in [3.05, 3.63) is 54.1 Å². The van der Waals surface area contributed by atoms with Gasteiger partial charge in [0.25, 0.3) is 5.91 Å². The molecule has 2 aromatic carbocycles. The van der Waals surface area contributed by atoms with Crippen molar-refractivity contribution in [2.24, 2.45) is 0 Å². The summed E-state index contributed by atoms with van der Waals surface area (Å²) in [4.78, 5) is 25.8. The zero-order valence-corrected chi connectivity index (χ0v) is 13.9. The van der Waals surface area contributed by atoms with Crippen LogP contribution >= 0.6 is 0 Å². The molecule has 6 heteroatoms. The summed E-state index contributed by atoms with van der Waals surface area (Å²) in [7, 11) is 5.39. The molecule has 2 rings (SSSR count). The lowest BCUT2D eigenvalue weighted by atomic mass is 10.2. The van der Waals surface area contributed by atoms with E-state index in [1.165, 1.54) is 7.11 Å². The number of carbonyl (C=O) groups excluding carboxylic acids is 2. The van der Waals surface area contributed by atoms with Gasteiger partial charge in [0.05, 0.1) is 12.7 Å². The number of rotatable bonds is 6. The van der Waals surface area contributed by atoms with Crippen LogP contribution < -0.4 is 15.0 Å². The number of nitrogens with zero attached hydrogens (tertiary/aromatic N) is 1. The molecule has 0 unspecified atom stereocenters. The van der Waals surface area contributed by atoms with Gasteiger partial charge in [0.15, 0.2) is 6.61 Å². The third-order valence-corrected chi connectivity index (χ3v) is 3.31. The summed E-state index contributed by atoms with van der Waals surface area (Å²) in [6.07, 6.45) is 0. The maximum atomic E-state index is 11.9. The van der Waals surface area contributed by atoms with Crippen LogP contribution in [0.5, 0.6) is 5.75 Å². The van der Waals surface area contributed by atoms with Gasteiger partial charge in [-0.2, -0.15) is 0 Å². The van der Waals surface area contributed by atoms with Crippen LogP contribution in [0, 0.1) is 0 Å². The first-order valence-electron chi connectivity index (χ1n) is 7.38. The van der Waals surface area contributed by atoms with Gasteiger partial charge in [-0.3, -0.25) is 4.79 Å². The molecule has 0 aromatic heterocycles. The predicted molar refractivity (Wildman–Crippen MR) is 92.7 cm³/mol. The van der Waals surface area contributed by atoms with Crippen molar-refractivity contribution in [2.75, 3.05) is 38.0 Å². The molecule has 0 saturated carbocycles. The molecule has 2 aromatic rings. The van der Waals surface area contributed by atoms with Crippen LogP contribution in [0.2, 0.25) is 0 Å². The van der Waals surface area contributed by atoms with E-state index in [4.69, 9.17) is 9.47 Å². The Balaban J connectivity index is 1.87. The molecule has 24 heavy (non-hydrogen) atoms. The molecule has 126 valence electrons. The largest absolute Gasteiger partial charge is 0.497 e. The first-order chi connectivity index (χ1) is 11.5. The molecule has 1 N–H and O–H groups in total. The average Bonchev–Trinajstić information content (AvgIpc) is 2.60. The maximum absolute atomic E-state index is 11.9. The Kier molecular flexibility index (Phi) is 5.78. The zero-order valence-electron chi connectivity index (χ0n) is 13.9. The highest BCUT2D eigenvalue weighted by Crippen LogP contribution is 2.16. The van der Waals surface area contributed by atoms with E-state index < -0.39 is 11.9 Å². The number of esters is 1. The molecule has 0 aliphatic rings. The van der Waals surface area contributed by atoms with Crippen LogP contribution in [-0.2, 0) is 9.53 Å². The van der Waals surface area contributed by atoms with Crippen LogP contribution in [0.15, 0.2) is 48.5 Å². The van der Waals surface area contributed by atoms with Crippen LogP contribution in [0.4, 0.5) is 11.4 Å². The molecule has 0 spiro atoms. The third kappa shape index (κ3) is 4.74.